The molecule has 4 rings (SSSR count). The van der Waals surface area contributed by atoms with Gasteiger partial charge in [-0.2, -0.15) is 0 Å². The van der Waals surface area contributed by atoms with Gasteiger partial charge in [-0.1, -0.05) is 6.07 Å². The van der Waals surface area contributed by atoms with Gasteiger partial charge in [0.1, 0.15) is 28.5 Å². The molecule has 4 aromatic rings. The van der Waals surface area contributed by atoms with Gasteiger partial charge in [0.05, 0.1) is 12.2 Å². The van der Waals surface area contributed by atoms with E-state index in [1.165, 1.54) is 16.7 Å². The summed E-state index contributed by atoms with van der Waals surface area (Å²) in [7, 11) is 1.65. The second-order valence-corrected chi connectivity index (χ2v) is 9.96. The van der Waals surface area contributed by atoms with Crippen LogP contribution in [0.5, 0.6) is 11.5 Å². The highest BCUT2D eigenvalue weighted by Gasteiger charge is 2.25. The fraction of sp³-hybridized carbons (Fsp3) is 0.333. The number of aliphatic hydroxyl groups is 1. The van der Waals surface area contributed by atoms with Crippen LogP contribution in [0.15, 0.2) is 47.4 Å². The Morgan fingerprint density at radius 1 is 1.05 bits per heavy atom. The number of ether oxygens (including phenoxy) is 2. The summed E-state index contributed by atoms with van der Waals surface area (Å²) in [6.07, 6.45) is 1.69. The van der Waals surface area contributed by atoms with Crippen LogP contribution in [0.25, 0.3) is 22.0 Å². The van der Waals surface area contributed by atoms with Gasteiger partial charge in [0.15, 0.2) is 0 Å². The van der Waals surface area contributed by atoms with E-state index >= 15 is 0 Å². The quantitative estimate of drug-likeness (QED) is 0.303. The Bertz CT molecular complexity index is 1580. The first-order valence-electron chi connectivity index (χ1n) is 12.6. The van der Waals surface area contributed by atoms with Crippen LogP contribution >= 0.6 is 0 Å². The normalized spacial score (nSPS) is 11.7. The first kappa shape index (κ1) is 27.1. The second-order valence-electron chi connectivity index (χ2n) is 9.96. The molecule has 0 saturated heterocycles. The molecule has 0 amide bonds. The Morgan fingerprint density at radius 2 is 1.71 bits per heavy atom. The molecule has 2 heterocycles. The highest BCUT2D eigenvalue weighted by Crippen LogP contribution is 2.41. The van der Waals surface area contributed by atoms with Crippen molar-refractivity contribution in [3.05, 3.63) is 81.2 Å². The Balaban J connectivity index is 2.06. The first-order chi connectivity index (χ1) is 17.9. The van der Waals surface area contributed by atoms with Crippen molar-refractivity contribution < 1.29 is 23.8 Å². The lowest BCUT2D eigenvalue weighted by molar-refractivity contribution is 0.0514. The molecule has 1 N–H and O–H groups in total. The van der Waals surface area contributed by atoms with E-state index in [0.29, 0.717) is 56.8 Å². The third-order valence-corrected chi connectivity index (χ3v) is 6.65. The molecule has 2 aromatic heterocycles. The van der Waals surface area contributed by atoms with E-state index in [-0.39, 0.29) is 23.7 Å². The summed E-state index contributed by atoms with van der Waals surface area (Å²) >= 11 is 0. The molecule has 0 aliphatic heterocycles. The van der Waals surface area contributed by atoms with E-state index in [2.05, 4.69) is 0 Å². The summed E-state index contributed by atoms with van der Waals surface area (Å²) in [6, 6.07) is 9.83. The summed E-state index contributed by atoms with van der Waals surface area (Å²) in [4.78, 5) is 26.1. The zero-order chi connectivity index (χ0) is 27.9. The number of carbonyl (C=O) groups excluding carboxylic acids is 1. The van der Waals surface area contributed by atoms with Crippen LogP contribution in [0.4, 0.5) is 4.39 Å². The van der Waals surface area contributed by atoms with Gasteiger partial charge >= 0.3 is 5.97 Å². The molecule has 0 saturated carbocycles. The molecule has 8 heteroatoms. The van der Waals surface area contributed by atoms with E-state index in [0.717, 1.165) is 0 Å². The average Bonchev–Trinajstić information content (AvgIpc) is 3.23. The maximum Gasteiger partial charge on any atom is 0.354 e. The van der Waals surface area contributed by atoms with Crippen LogP contribution in [-0.4, -0.2) is 26.8 Å². The number of halogens is 1. The molecule has 0 unspecified atom stereocenters. The summed E-state index contributed by atoms with van der Waals surface area (Å²) in [5, 5.41) is 11.3. The summed E-state index contributed by atoms with van der Waals surface area (Å²) in [5.74, 6) is 0.107. The van der Waals surface area contributed by atoms with Crippen molar-refractivity contribution in [1.82, 2.24) is 9.13 Å². The zero-order valence-electron chi connectivity index (χ0n) is 22.8. The van der Waals surface area contributed by atoms with E-state index in [9.17, 15) is 19.1 Å². The van der Waals surface area contributed by atoms with Gasteiger partial charge in [0.2, 0.25) is 0 Å². The Kier molecular flexibility index (Phi) is 7.21. The number of benzene rings is 2. The number of fused-ring (bicyclic) bond motifs is 1. The highest BCUT2D eigenvalue weighted by atomic mass is 19.1. The molecule has 0 aliphatic rings. The van der Waals surface area contributed by atoms with Crippen LogP contribution in [-0.2, 0) is 23.9 Å². The van der Waals surface area contributed by atoms with E-state index in [1.807, 2.05) is 13.0 Å². The Morgan fingerprint density at radius 3 is 2.29 bits per heavy atom. The number of esters is 1. The van der Waals surface area contributed by atoms with Crippen LogP contribution in [0, 0.1) is 19.7 Å². The van der Waals surface area contributed by atoms with Crippen LogP contribution in [0.1, 0.15) is 54.9 Å². The van der Waals surface area contributed by atoms with Crippen molar-refractivity contribution >= 4 is 16.9 Å². The van der Waals surface area contributed by atoms with E-state index in [1.54, 1.807) is 70.6 Å². The van der Waals surface area contributed by atoms with Crippen LogP contribution in [0.3, 0.4) is 0 Å². The number of carbonyl (C=O) groups is 1. The minimum atomic E-state index is -1.15. The monoisotopic (exact) mass is 520 g/mol. The molecule has 0 atom stereocenters. The fourth-order valence-corrected chi connectivity index (χ4v) is 4.77. The molecule has 0 radical (unpaired) electrons. The molecular weight excluding hydrogens is 487 g/mol. The van der Waals surface area contributed by atoms with Gasteiger partial charge in [0.25, 0.3) is 5.56 Å². The van der Waals surface area contributed by atoms with Crippen LogP contribution < -0.4 is 10.3 Å². The average molecular weight is 521 g/mol. The largest absolute Gasteiger partial charge is 0.461 e. The minimum Gasteiger partial charge on any atom is -0.461 e. The van der Waals surface area contributed by atoms with Crippen molar-refractivity contribution in [1.29, 1.82) is 0 Å². The smallest absolute Gasteiger partial charge is 0.354 e. The maximum atomic E-state index is 14.0. The summed E-state index contributed by atoms with van der Waals surface area (Å²) in [5.41, 5.74) is 2.38. The molecule has 2 aromatic carbocycles. The first-order valence-corrected chi connectivity index (χ1v) is 12.6. The van der Waals surface area contributed by atoms with Gasteiger partial charge in [-0.25, -0.2) is 9.18 Å². The van der Waals surface area contributed by atoms with Crippen molar-refractivity contribution in [3.63, 3.8) is 0 Å². The van der Waals surface area contributed by atoms with Gasteiger partial charge in [-0.15, -0.1) is 0 Å². The Labute approximate surface area is 221 Å². The zero-order valence-corrected chi connectivity index (χ0v) is 22.8. The SMILES string of the molecule is CCOC(=O)c1cc2c(-c3cc(C(C)(C)O)ccc3Oc3c(C)cc(F)cc3C)cn(C)c(=O)c2n1CC. The number of nitrogens with zero attached hydrogens (tertiary/aromatic N) is 2. The molecule has 200 valence electrons. The second kappa shape index (κ2) is 10.1. The molecule has 0 spiro atoms. The van der Waals surface area contributed by atoms with Gasteiger partial charge in [0, 0.05) is 36.3 Å². The molecular formula is C30H33FN2O5. The number of aryl methyl sites for hydroxylation is 4. The van der Waals surface area contributed by atoms with Gasteiger partial charge in [-0.05, 0) is 88.6 Å². The molecule has 0 fully saturated rings. The van der Waals surface area contributed by atoms with Gasteiger partial charge in [-0.3, -0.25) is 4.79 Å². The third kappa shape index (κ3) is 4.84. The van der Waals surface area contributed by atoms with Crippen molar-refractivity contribution in [2.75, 3.05) is 6.61 Å². The van der Waals surface area contributed by atoms with E-state index in [4.69, 9.17) is 9.47 Å². The lowest BCUT2D eigenvalue weighted by atomic mass is 9.93. The highest BCUT2D eigenvalue weighted by molar-refractivity contribution is 6.02. The van der Waals surface area contributed by atoms with Crippen molar-refractivity contribution in [2.24, 2.45) is 7.05 Å². The number of hydrogen-bond donors (Lipinski definition) is 1. The molecule has 0 aliphatic carbocycles. The maximum absolute atomic E-state index is 14.0. The predicted molar refractivity (Wildman–Crippen MR) is 145 cm³/mol. The molecule has 0 bridgehead atoms. The topological polar surface area (TPSA) is 82.7 Å². The van der Waals surface area contributed by atoms with Crippen molar-refractivity contribution in [2.45, 2.75) is 53.7 Å². The molecule has 38 heavy (non-hydrogen) atoms. The number of rotatable bonds is 7. The lowest BCUT2D eigenvalue weighted by Gasteiger charge is -2.22. The van der Waals surface area contributed by atoms with Gasteiger partial charge < -0.3 is 23.7 Å². The number of hydrogen-bond acceptors (Lipinski definition) is 5. The fourth-order valence-electron chi connectivity index (χ4n) is 4.77. The lowest BCUT2D eigenvalue weighted by Crippen LogP contribution is -2.21. The van der Waals surface area contributed by atoms with Crippen molar-refractivity contribution in [3.8, 4) is 22.6 Å². The number of aromatic nitrogens is 2. The predicted octanol–water partition coefficient (Wildman–Crippen LogP) is 5.98. The summed E-state index contributed by atoms with van der Waals surface area (Å²) in [6.45, 7) is 11.1. The molecule has 7 nitrogen and oxygen atoms in total. The minimum absolute atomic E-state index is 0.205. The third-order valence-electron chi connectivity index (χ3n) is 6.65. The van der Waals surface area contributed by atoms with E-state index < -0.39 is 11.6 Å². The number of pyridine rings is 1. The van der Waals surface area contributed by atoms with Crippen LogP contribution in [0.2, 0.25) is 0 Å². The standard InChI is InChI=1S/C30H33FN2O5/c1-8-33-24(29(35)37-9-2)15-22-23(16-32(7)28(34)26(22)33)21-14-19(30(5,6)36)10-11-25(21)38-27-17(3)12-20(31)13-18(27)4/h10-16,36H,8-9H2,1-7H3. The Hall–Kier alpha value is -3.91. The summed E-state index contributed by atoms with van der Waals surface area (Å²) < 4.78 is 28.7.